The third-order valence-corrected chi connectivity index (χ3v) is 9.18. The van der Waals surface area contributed by atoms with Crippen LogP contribution in [-0.2, 0) is 0 Å². The van der Waals surface area contributed by atoms with Gasteiger partial charge in [-0.25, -0.2) is 19.9 Å². The maximum atomic E-state index is 4.71. The summed E-state index contributed by atoms with van der Waals surface area (Å²) in [5, 5.41) is 4.54. The van der Waals surface area contributed by atoms with E-state index in [-0.39, 0.29) is 0 Å². The van der Waals surface area contributed by atoms with Gasteiger partial charge in [0, 0.05) is 45.2 Å². The van der Waals surface area contributed by atoms with E-state index >= 15 is 0 Å². The van der Waals surface area contributed by atoms with E-state index in [1.807, 2.05) is 67.5 Å². The lowest BCUT2D eigenvalue weighted by atomic mass is 9.87. The van der Waals surface area contributed by atoms with Crippen LogP contribution < -0.4 is 4.90 Å². The fourth-order valence-electron chi connectivity index (χ4n) is 7.19. The highest BCUT2D eigenvalue weighted by Crippen LogP contribution is 2.54. The summed E-state index contributed by atoms with van der Waals surface area (Å²) in [5.41, 5.74) is 12.3. The molecule has 8 nitrogen and oxygen atoms in total. The first-order valence-corrected chi connectivity index (χ1v) is 15.7. The number of benzene rings is 4. The van der Waals surface area contributed by atoms with Gasteiger partial charge in [0.15, 0.2) is 0 Å². The topological polar surface area (TPSA) is 85.5 Å². The molecular formula is C40H24N8. The number of fused-ring (bicyclic) bond motifs is 5. The van der Waals surface area contributed by atoms with Gasteiger partial charge >= 0.3 is 0 Å². The molecule has 9 aromatic rings. The summed E-state index contributed by atoms with van der Waals surface area (Å²) in [7, 11) is 0. The van der Waals surface area contributed by atoms with E-state index in [1.54, 1.807) is 12.7 Å². The first-order chi connectivity index (χ1) is 23.8. The molecule has 6 heterocycles. The number of hydrogen-bond donors (Lipinski definition) is 0. The van der Waals surface area contributed by atoms with E-state index in [4.69, 9.17) is 4.98 Å². The van der Waals surface area contributed by atoms with Crippen LogP contribution in [0.4, 0.5) is 17.1 Å². The minimum absolute atomic E-state index is 0.877. The highest BCUT2D eigenvalue weighted by molar-refractivity contribution is 6.21. The zero-order chi connectivity index (χ0) is 31.6. The number of hydrogen-bond acceptors (Lipinski definition) is 7. The highest BCUT2D eigenvalue weighted by Gasteiger charge is 2.29. The van der Waals surface area contributed by atoms with Crippen LogP contribution in [0.25, 0.3) is 71.9 Å². The Labute approximate surface area is 274 Å². The van der Waals surface area contributed by atoms with Crippen molar-refractivity contribution < 1.29 is 0 Å². The van der Waals surface area contributed by atoms with Crippen molar-refractivity contribution in [3.05, 3.63) is 147 Å². The second kappa shape index (κ2) is 10.4. The molecule has 0 atom stereocenters. The minimum Gasteiger partial charge on any atom is -0.306 e. The monoisotopic (exact) mass is 616 g/mol. The van der Waals surface area contributed by atoms with Crippen molar-refractivity contribution in [2.75, 3.05) is 4.90 Å². The molecule has 1 aliphatic rings. The summed E-state index contributed by atoms with van der Waals surface area (Å²) in [6, 6.07) is 34.1. The Hall–Kier alpha value is -6.80. The summed E-state index contributed by atoms with van der Waals surface area (Å²) in [5.74, 6) is 0. The Bertz CT molecular complexity index is 2660. The maximum Gasteiger partial charge on any atom is 0.115 e. The predicted molar refractivity (Wildman–Crippen MR) is 190 cm³/mol. The third-order valence-electron chi connectivity index (χ3n) is 9.18. The molecular weight excluding hydrogens is 592 g/mol. The van der Waals surface area contributed by atoms with Crippen LogP contribution in [0.3, 0.4) is 0 Å². The van der Waals surface area contributed by atoms with Crippen LogP contribution in [0.1, 0.15) is 0 Å². The zero-order valence-corrected chi connectivity index (χ0v) is 25.4. The summed E-state index contributed by atoms with van der Waals surface area (Å²) in [4.78, 5) is 29.3. The molecule has 0 bridgehead atoms. The lowest BCUT2D eigenvalue weighted by Gasteiger charge is -2.33. The Morgan fingerprint density at radius 1 is 0.458 bits per heavy atom. The van der Waals surface area contributed by atoms with Gasteiger partial charge in [-0.15, -0.1) is 0 Å². The normalized spacial score (nSPS) is 12.1. The molecule has 0 saturated heterocycles. The van der Waals surface area contributed by atoms with Crippen LogP contribution in [0.2, 0.25) is 0 Å². The molecule has 224 valence electrons. The van der Waals surface area contributed by atoms with Crippen molar-refractivity contribution in [1.82, 2.24) is 34.5 Å². The van der Waals surface area contributed by atoms with Crippen molar-refractivity contribution in [3.63, 3.8) is 0 Å². The minimum atomic E-state index is 0.877. The average Bonchev–Trinajstić information content (AvgIpc) is 3.48. The molecule has 4 aromatic carbocycles. The Kier molecular flexibility index (Phi) is 5.71. The van der Waals surface area contributed by atoms with Gasteiger partial charge < -0.3 is 9.47 Å². The van der Waals surface area contributed by atoms with E-state index < -0.39 is 0 Å². The summed E-state index contributed by atoms with van der Waals surface area (Å²) in [6.45, 7) is 0. The molecule has 0 fully saturated rings. The lowest BCUT2D eigenvalue weighted by molar-refractivity contribution is 1.07. The van der Waals surface area contributed by atoms with Crippen molar-refractivity contribution >= 4 is 49.6 Å². The lowest BCUT2D eigenvalue weighted by Crippen LogP contribution is -2.16. The van der Waals surface area contributed by atoms with Crippen molar-refractivity contribution in [2.24, 2.45) is 0 Å². The molecule has 0 unspecified atom stereocenters. The summed E-state index contributed by atoms with van der Waals surface area (Å²) < 4.78 is 2.24. The van der Waals surface area contributed by atoms with E-state index in [2.05, 4.69) is 101 Å². The molecule has 0 saturated carbocycles. The number of pyridine rings is 2. The first kappa shape index (κ1) is 26.4. The molecule has 48 heavy (non-hydrogen) atoms. The van der Waals surface area contributed by atoms with Crippen LogP contribution in [0.5, 0.6) is 0 Å². The second-order valence-electron chi connectivity index (χ2n) is 11.8. The largest absolute Gasteiger partial charge is 0.306 e. The highest BCUT2D eigenvalue weighted by atomic mass is 15.2. The van der Waals surface area contributed by atoms with E-state index in [9.17, 15) is 0 Å². The standard InChI is InChI=1S/C40H24N8/c1-3-14-45-34(8-1)25-10-12-36-31(16-25)33-17-32-30-7-5-6-29-28(35-9-2-4-15-46-35)11-13-37(40(29)30)48(27-21-43-24-44-22-27)38(32)18-39(33)47(36)26-19-41-23-42-20-26/h1-24H. The summed E-state index contributed by atoms with van der Waals surface area (Å²) in [6.07, 6.45) is 14.3. The third kappa shape index (κ3) is 3.89. The van der Waals surface area contributed by atoms with Crippen molar-refractivity contribution in [1.29, 1.82) is 0 Å². The van der Waals surface area contributed by atoms with Crippen molar-refractivity contribution in [3.8, 4) is 39.3 Å². The molecule has 8 heteroatoms. The Morgan fingerprint density at radius 3 is 1.94 bits per heavy atom. The van der Waals surface area contributed by atoms with Gasteiger partial charge in [-0.05, 0) is 65.5 Å². The van der Waals surface area contributed by atoms with Gasteiger partial charge in [-0.2, -0.15) is 0 Å². The predicted octanol–water partition coefficient (Wildman–Crippen LogP) is 9.09. The van der Waals surface area contributed by atoms with Gasteiger partial charge in [0.05, 0.1) is 70.0 Å². The second-order valence-corrected chi connectivity index (χ2v) is 11.8. The fourth-order valence-corrected chi connectivity index (χ4v) is 7.19. The first-order valence-electron chi connectivity index (χ1n) is 15.7. The Balaban J connectivity index is 1.33. The molecule has 0 spiro atoms. The maximum absolute atomic E-state index is 4.71. The van der Waals surface area contributed by atoms with E-state index in [0.29, 0.717) is 0 Å². The smallest absolute Gasteiger partial charge is 0.115 e. The van der Waals surface area contributed by atoms with E-state index in [0.717, 1.165) is 89.0 Å². The van der Waals surface area contributed by atoms with Gasteiger partial charge in [0.1, 0.15) is 12.7 Å². The van der Waals surface area contributed by atoms with Gasteiger partial charge in [-0.3, -0.25) is 9.97 Å². The zero-order valence-electron chi connectivity index (χ0n) is 25.4. The number of anilines is 3. The van der Waals surface area contributed by atoms with Gasteiger partial charge in [0.25, 0.3) is 0 Å². The summed E-state index contributed by atoms with van der Waals surface area (Å²) >= 11 is 0. The molecule has 10 rings (SSSR count). The number of nitrogens with zero attached hydrogens (tertiary/aromatic N) is 8. The molecule has 1 aliphatic heterocycles. The number of aromatic nitrogens is 7. The molecule has 0 radical (unpaired) electrons. The fraction of sp³-hybridized carbons (Fsp3) is 0. The molecule has 5 aromatic heterocycles. The molecule has 0 amide bonds. The Morgan fingerprint density at radius 2 is 1.19 bits per heavy atom. The van der Waals surface area contributed by atoms with Crippen molar-refractivity contribution in [2.45, 2.75) is 0 Å². The quantitative estimate of drug-likeness (QED) is 0.195. The van der Waals surface area contributed by atoms with Crippen LogP contribution >= 0.6 is 0 Å². The van der Waals surface area contributed by atoms with Gasteiger partial charge in [-0.1, -0.05) is 42.5 Å². The van der Waals surface area contributed by atoms with E-state index in [1.165, 1.54) is 0 Å². The van der Waals surface area contributed by atoms with Crippen LogP contribution in [0, 0.1) is 0 Å². The molecule has 0 N–H and O–H groups in total. The average molecular weight is 617 g/mol. The SMILES string of the molecule is c1ccc(-c2ccc3c(c2)c2cc4c(cc2n3-c2cncnc2)N(c2cncnc2)c2ccc(-c3ccccn3)c3cccc-4c23)nc1. The molecule has 0 aliphatic carbocycles. The van der Waals surface area contributed by atoms with Crippen LogP contribution in [0.15, 0.2) is 147 Å². The van der Waals surface area contributed by atoms with Crippen LogP contribution in [-0.4, -0.2) is 34.5 Å². The van der Waals surface area contributed by atoms with Gasteiger partial charge in [0.2, 0.25) is 0 Å². The number of rotatable bonds is 4.